The molecular formula is C20H22N2O3S2. The third-order valence-electron chi connectivity index (χ3n) is 4.04. The van der Waals surface area contributed by atoms with Gasteiger partial charge in [0.1, 0.15) is 10.6 Å². The van der Waals surface area contributed by atoms with Crippen molar-refractivity contribution in [2.75, 3.05) is 11.3 Å². The van der Waals surface area contributed by atoms with Gasteiger partial charge < -0.3 is 4.74 Å². The van der Waals surface area contributed by atoms with Crippen LogP contribution in [0.1, 0.15) is 24.4 Å². The van der Waals surface area contributed by atoms with Gasteiger partial charge in [0.05, 0.1) is 17.3 Å². The summed E-state index contributed by atoms with van der Waals surface area (Å²) in [6.07, 6.45) is 0.832. The summed E-state index contributed by atoms with van der Waals surface area (Å²) >= 11 is 1.53. The Morgan fingerprint density at radius 3 is 2.63 bits per heavy atom. The van der Waals surface area contributed by atoms with Gasteiger partial charge in [0, 0.05) is 16.6 Å². The first-order valence-electron chi connectivity index (χ1n) is 8.74. The van der Waals surface area contributed by atoms with Gasteiger partial charge in [-0.1, -0.05) is 19.1 Å². The third kappa shape index (κ3) is 4.48. The Kier molecular flexibility index (Phi) is 5.82. The second kappa shape index (κ2) is 8.10. The van der Waals surface area contributed by atoms with Crippen LogP contribution in [0.2, 0.25) is 0 Å². The molecule has 0 amide bonds. The van der Waals surface area contributed by atoms with Gasteiger partial charge in [-0.2, -0.15) is 0 Å². The van der Waals surface area contributed by atoms with Crippen molar-refractivity contribution in [3.63, 3.8) is 0 Å². The molecule has 3 rings (SSSR count). The molecule has 0 bridgehead atoms. The lowest BCUT2D eigenvalue weighted by molar-refractivity contribution is 0.331. The molecule has 0 aliphatic rings. The van der Waals surface area contributed by atoms with Gasteiger partial charge in [0.25, 0.3) is 10.0 Å². The topological polar surface area (TPSA) is 68.3 Å². The van der Waals surface area contributed by atoms with Crippen LogP contribution in [0.3, 0.4) is 0 Å². The molecule has 5 nitrogen and oxygen atoms in total. The predicted molar refractivity (Wildman–Crippen MR) is 110 cm³/mol. The molecule has 27 heavy (non-hydrogen) atoms. The number of benzene rings is 2. The second-order valence-corrected chi connectivity index (χ2v) is 8.72. The summed E-state index contributed by atoms with van der Waals surface area (Å²) in [6, 6.07) is 12.5. The number of aryl methyl sites for hydroxylation is 2. The second-order valence-electron chi connectivity index (χ2n) is 6.01. The molecule has 0 unspecified atom stereocenters. The summed E-state index contributed by atoms with van der Waals surface area (Å²) in [6.45, 7) is 6.15. The summed E-state index contributed by atoms with van der Waals surface area (Å²) in [4.78, 5) is 4.55. The lowest BCUT2D eigenvalue weighted by atomic mass is 10.1. The number of hydrogen-bond acceptors (Lipinski definition) is 5. The SMILES string of the molecule is CCOc1ccc(-c2csc(C)n2)cc1S(=O)(=O)Nc1cccc(CC)c1. The van der Waals surface area contributed by atoms with Crippen molar-refractivity contribution in [1.82, 2.24) is 4.98 Å². The van der Waals surface area contributed by atoms with Gasteiger partial charge in [-0.15, -0.1) is 11.3 Å². The highest BCUT2D eigenvalue weighted by Gasteiger charge is 2.21. The van der Waals surface area contributed by atoms with Crippen molar-refractivity contribution >= 4 is 27.0 Å². The molecule has 2 aromatic carbocycles. The molecule has 3 aromatic rings. The van der Waals surface area contributed by atoms with Gasteiger partial charge in [-0.25, -0.2) is 13.4 Å². The molecule has 142 valence electrons. The molecule has 0 saturated carbocycles. The largest absolute Gasteiger partial charge is 0.492 e. The van der Waals surface area contributed by atoms with E-state index in [1.165, 1.54) is 11.3 Å². The molecule has 0 aliphatic heterocycles. The highest BCUT2D eigenvalue weighted by atomic mass is 32.2. The molecule has 0 fully saturated rings. The molecular weight excluding hydrogens is 380 g/mol. The molecule has 0 atom stereocenters. The average molecular weight is 403 g/mol. The minimum atomic E-state index is -3.81. The number of thiazole rings is 1. The van der Waals surface area contributed by atoms with Crippen molar-refractivity contribution in [2.24, 2.45) is 0 Å². The normalized spacial score (nSPS) is 11.4. The van der Waals surface area contributed by atoms with Crippen LogP contribution in [0.5, 0.6) is 5.75 Å². The highest BCUT2D eigenvalue weighted by Crippen LogP contribution is 2.32. The Hall–Kier alpha value is -2.38. The maximum absolute atomic E-state index is 13.1. The van der Waals surface area contributed by atoms with Crippen molar-refractivity contribution in [2.45, 2.75) is 32.1 Å². The van der Waals surface area contributed by atoms with Crippen molar-refractivity contribution in [3.05, 3.63) is 58.4 Å². The summed E-state index contributed by atoms with van der Waals surface area (Å²) < 4.78 is 34.4. The average Bonchev–Trinajstić information content (AvgIpc) is 3.08. The molecule has 0 saturated heterocycles. The molecule has 0 spiro atoms. The standard InChI is InChI=1S/C20H22N2O3S2/c1-4-15-7-6-8-17(11-15)22-27(23,24)20-12-16(9-10-19(20)25-5-2)18-13-26-14(3)21-18/h6-13,22H,4-5H2,1-3H3. The van der Waals surface area contributed by atoms with Crippen LogP contribution in [0.15, 0.2) is 52.7 Å². The van der Waals surface area contributed by atoms with Gasteiger partial charge in [-0.3, -0.25) is 4.72 Å². The van der Waals surface area contributed by atoms with Crippen LogP contribution >= 0.6 is 11.3 Å². The van der Waals surface area contributed by atoms with E-state index < -0.39 is 10.0 Å². The molecule has 1 heterocycles. The minimum absolute atomic E-state index is 0.106. The highest BCUT2D eigenvalue weighted by molar-refractivity contribution is 7.92. The summed E-state index contributed by atoms with van der Waals surface area (Å²) in [5.74, 6) is 0.326. The number of nitrogens with one attached hydrogen (secondary N) is 1. The molecule has 1 N–H and O–H groups in total. The Morgan fingerprint density at radius 1 is 1.15 bits per heavy atom. The molecule has 0 radical (unpaired) electrons. The van der Waals surface area contributed by atoms with Gasteiger partial charge in [-0.05, 0) is 56.2 Å². The van der Waals surface area contributed by atoms with Crippen LogP contribution in [-0.2, 0) is 16.4 Å². The lowest BCUT2D eigenvalue weighted by Gasteiger charge is -2.14. The monoisotopic (exact) mass is 402 g/mol. The first-order chi connectivity index (χ1) is 12.9. The zero-order valence-electron chi connectivity index (χ0n) is 15.5. The fourth-order valence-corrected chi connectivity index (χ4v) is 4.56. The van der Waals surface area contributed by atoms with Crippen LogP contribution < -0.4 is 9.46 Å². The first-order valence-corrected chi connectivity index (χ1v) is 11.1. The molecule has 7 heteroatoms. The van der Waals surface area contributed by atoms with Crippen LogP contribution in [0.25, 0.3) is 11.3 Å². The van der Waals surface area contributed by atoms with Crippen LogP contribution in [-0.4, -0.2) is 20.0 Å². The van der Waals surface area contributed by atoms with E-state index in [1.54, 1.807) is 18.2 Å². The molecule has 1 aromatic heterocycles. The number of nitrogens with zero attached hydrogens (tertiary/aromatic N) is 1. The van der Waals surface area contributed by atoms with E-state index in [2.05, 4.69) is 9.71 Å². The quantitative estimate of drug-likeness (QED) is 0.611. The van der Waals surface area contributed by atoms with Crippen molar-refractivity contribution < 1.29 is 13.2 Å². The smallest absolute Gasteiger partial charge is 0.265 e. The number of hydrogen-bond donors (Lipinski definition) is 1. The lowest BCUT2D eigenvalue weighted by Crippen LogP contribution is -2.15. The number of sulfonamides is 1. The Balaban J connectivity index is 2.03. The van der Waals surface area contributed by atoms with Gasteiger partial charge in [0.15, 0.2) is 0 Å². The van der Waals surface area contributed by atoms with Crippen molar-refractivity contribution in [1.29, 1.82) is 0 Å². The van der Waals surface area contributed by atoms with E-state index in [0.29, 0.717) is 18.0 Å². The van der Waals surface area contributed by atoms with E-state index in [9.17, 15) is 8.42 Å². The van der Waals surface area contributed by atoms with E-state index in [4.69, 9.17) is 4.74 Å². The third-order valence-corrected chi connectivity index (χ3v) is 6.21. The summed E-state index contributed by atoms with van der Waals surface area (Å²) in [5, 5.41) is 2.84. The van der Waals surface area contributed by atoms with Gasteiger partial charge >= 0.3 is 0 Å². The van der Waals surface area contributed by atoms with E-state index in [-0.39, 0.29) is 4.90 Å². The maximum atomic E-state index is 13.1. The number of ether oxygens (including phenoxy) is 1. The number of aromatic nitrogens is 1. The Labute approximate surface area is 164 Å². The number of anilines is 1. The zero-order chi connectivity index (χ0) is 19.4. The van der Waals surface area contributed by atoms with Crippen LogP contribution in [0.4, 0.5) is 5.69 Å². The van der Waals surface area contributed by atoms with E-state index in [0.717, 1.165) is 28.2 Å². The summed E-state index contributed by atoms with van der Waals surface area (Å²) in [7, 11) is -3.81. The fraction of sp³-hybridized carbons (Fsp3) is 0.250. The van der Waals surface area contributed by atoms with E-state index >= 15 is 0 Å². The van der Waals surface area contributed by atoms with Gasteiger partial charge in [0.2, 0.25) is 0 Å². The summed E-state index contributed by atoms with van der Waals surface area (Å²) in [5.41, 5.74) is 3.09. The van der Waals surface area contributed by atoms with Crippen LogP contribution in [0, 0.1) is 6.92 Å². The molecule has 0 aliphatic carbocycles. The first kappa shape index (κ1) is 19.4. The Bertz CT molecular complexity index is 1040. The maximum Gasteiger partial charge on any atom is 0.265 e. The fourth-order valence-electron chi connectivity index (χ4n) is 2.71. The predicted octanol–water partition coefficient (Wildman–Crippen LogP) is 4.88. The minimum Gasteiger partial charge on any atom is -0.492 e. The number of rotatable bonds is 7. The van der Waals surface area contributed by atoms with Crippen molar-refractivity contribution in [3.8, 4) is 17.0 Å². The Morgan fingerprint density at radius 2 is 1.96 bits per heavy atom. The zero-order valence-corrected chi connectivity index (χ0v) is 17.2. The van der Waals surface area contributed by atoms with E-state index in [1.807, 2.05) is 50.4 Å².